The first-order valence-electron chi connectivity index (χ1n) is 13.0. The second-order valence-corrected chi connectivity index (χ2v) is 10.4. The van der Waals surface area contributed by atoms with Crippen molar-refractivity contribution in [3.63, 3.8) is 0 Å². The van der Waals surface area contributed by atoms with Gasteiger partial charge < -0.3 is 4.74 Å². The molecule has 2 aromatic rings. The van der Waals surface area contributed by atoms with E-state index in [4.69, 9.17) is 4.74 Å². The van der Waals surface area contributed by atoms with Gasteiger partial charge in [-0.2, -0.15) is 5.10 Å². The summed E-state index contributed by atoms with van der Waals surface area (Å²) < 4.78 is 5.88. The highest BCUT2D eigenvalue weighted by atomic mass is 16.5. The average molecular weight is 479 g/mol. The number of hydrazine groups is 1. The van der Waals surface area contributed by atoms with Crippen LogP contribution in [0, 0.1) is 0 Å². The van der Waals surface area contributed by atoms with Crippen molar-refractivity contribution >= 4 is 12.1 Å². The lowest BCUT2D eigenvalue weighted by Crippen LogP contribution is -2.41. The number of amides is 1. The van der Waals surface area contributed by atoms with Gasteiger partial charge in [0.05, 0.1) is 12.8 Å². The highest BCUT2D eigenvalue weighted by Crippen LogP contribution is 2.25. The van der Waals surface area contributed by atoms with Gasteiger partial charge in [0.1, 0.15) is 11.8 Å². The summed E-state index contributed by atoms with van der Waals surface area (Å²) in [6.45, 7) is 9.56. The number of unbranched alkanes of at least 4 members (excludes halogenated alkanes) is 5. The van der Waals surface area contributed by atoms with Crippen LogP contribution in [0.15, 0.2) is 53.6 Å². The van der Waals surface area contributed by atoms with Gasteiger partial charge in [-0.1, -0.05) is 96.2 Å². The standard InChI is InChI=1S/C29H42N4O2/c1-5-6-7-8-9-10-19-35-25-17-13-23(14-18-25)26-20-27(32-31-26)28(34)33-30-21-22-11-15-24(16-12-22)29(2,3)4/h11-18,21,26-27,31-32H,5-10,19-20H2,1-4H3,(H,33,34)/b30-21+. The fourth-order valence-corrected chi connectivity index (χ4v) is 4.13. The van der Waals surface area contributed by atoms with E-state index in [9.17, 15) is 4.79 Å². The molecule has 1 aliphatic heterocycles. The van der Waals surface area contributed by atoms with Crippen LogP contribution in [-0.4, -0.2) is 24.8 Å². The first-order chi connectivity index (χ1) is 16.9. The number of hydrogen-bond acceptors (Lipinski definition) is 5. The Morgan fingerprint density at radius 3 is 2.37 bits per heavy atom. The fraction of sp³-hybridized carbons (Fsp3) is 0.517. The SMILES string of the molecule is CCCCCCCCOc1ccc(C2CC(C(=O)N/N=C/c3ccc(C(C)(C)C)cc3)NN2)cc1. The average Bonchev–Trinajstić information content (AvgIpc) is 3.34. The number of nitrogens with one attached hydrogen (secondary N) is 3. The number of carbonyl (C=O) groups is 1. The molecule has 0 aromatic heterocycles. The molecule has 0 aliphatic carbocycles. The zero-order valence-corrected chi connectivity index (χ0v) is 21.8. The summed E-state index contributed by atoms with van der Waals surface area (Å²) in [5.74, 6) is 0.744. The van der Waals surface area contributed by atoms with E-state index in [1.54, 1.807) is 6.21 Å². The summed E-state index contributed by atoms with van der Waals surface area (Å²) in [6.07, 6.45) is 9.88. The number of ether oxygens (including phenoxy) is 1. The molecule has 1 amide bonds. The zero-order valence-electron chi connectivity index (χ0n) is 21.8. The first kappa shape index (κ1) is 26.9. The van der Waals surface area contributed by atoms with E-state index in [-0.39, 0.29) is 23.4 Å². The summed E-state index contributed by atoms with van der Waals surface area (Å²) in [6, 6.07) is 16.1. The van der Waals surface area contributed by atoms with Gasteiger partial charge in [0.2, 0.25) is 0 Å². The monoisotopic (exact) mass is 478 g/mol. The summed E-state index contributed by atoms with van der Waals surface area (Å²) in [7, 11) is 0. The molecule has 2 aromatic carbocycles. The fourth-order valence-electron chi connectivity index (χ4n) is 4.13. The second-order valence-electron chi connectivity index (χ2n) is 10.4. The summed E-state index contributed by atoms with van der Waals surface area (Å²) in [5, 5.41) is 4.13. The minimum atomic E-state index is -0.343. The third-order valence-corrected chi connectivity index (χ3v) is 6.43. The van der Waals surface area contributed by atoms with Crippen molar-refractivity contribution in [1.29, 1.82) is 0 Å². The van der Waals surface area contributed by atoms with Crippen molar-refractivity contribution in [3.05, 3.63) is 65.2 Å². The lowest BCUT2D eigenvalue weighted by Gasteiger charge is -2.18. The van der Waals surface area contributed by atoms with E-state index in [0.717, 1.165) is 29.9 Å². The molecule has 0 radical (unpaired) electrons. The molecular formula is C29H42N4O2. The van der Waals surface area contributed by atoms with Gasteiger partial charge in [0.25, 0.3) is 5.91 Å². The van der Waals surface area contributed by atoms with Crippen molar-refractivity contribution in [2.45, 2.75) is 90.1 Å². The lowest BCUT2D eigenvalue weighted by molar-refractivity contribution is -0.122. The van der Waals surface area contributed by atoms with Gasteiger partial charge in [0, 0.05) is 6.04 Å². The number of carbonyl (C=O) groups excluding carboxylic acids is 1. The second kappa shape index (κ2) is 13.4. The maximum atomic E-state index is 12.5. The van der Waals surface area contributed by atoms with Crippen LogP contribution in [0.3, 0.4) is 0 Å². The van der Waals surface area contributed by atoms with Crippen LogP contribution < -0.4 is 21.0 Å². The van der Waals surface area contributed by atoms with E-state index in [1.807, 2.05) is 24.3 Å². The topological polar surface area (TPSA) is 74.8 Å². The minimum Gasteiger partial charge on any atom is -0.494 e. The van der Waals surface area contributed by atoms with Crippen LogP contribution >= 0.6 is 0 Å². The van der Waals surface area contributed by atoms with Crippen molar-refractivity contribution in [2.75, 3.05) is 6.61 Å². The Hall–Kier alpha value is -2.70. The molecule has 1 aliphatic rings. The first-order valence-corrected chi connectivity index (χ1v) is 13.0. The third kappa shape index (κ3) is 8.79. The van der Waals surface area contributed by atoms with Crippen molar-refractivity contribution in [2.24, 2.45) is 5.10 Å². The lowest BCUT2D eigenvalue weighted by atomic mass is 9.87. The van der Waals surface area contributed by atoms with E-state index in [2.05, 4.69) is 73.3 Å². The molecule has 3 rings (SSSR count). The number of rotatable bonds is 12. The Balaban J connectivity index is 1.39. The van der Waals surface area contributed by atoms with Gasteiger partial charge >= 0.3 is 0 Å². The molecule has 1 saturated heterocycles. The third-order valence-electron chi connectivity index (χ3n) is 6.43. The molecule has 190 valence electrons. The highest BCUT2D eigenvalue weighted by molar-refractivity contribution is 5.85. The highest BCUT2D eigenvalue weighted by Gasteiger charge is 2.30. The Morgan fingerprint density at radius 2 is 1.69 bits per heavy atom. The number of benzene rings is 2. The van der Waals surface area contributed by atoms with E-state index in [0.29, 0.717) is 6.42 Å². The molecule has 2 atom stereocenters. The Kier molecular flexibility index (Phi) is 10.3. The largest absolute Gasteiger partial charge is 0.494 e. The van der Waals surface area contributed by atoms with Gasteiger partial charge in [-0.15, -0.1) is 0 Å². The van der Waals surface area contributed by atoms with E-state index in [1.165, 1.54) is 37.7 Å². The van der Waals surface area contributed by atoms with Crippen LogP contribution in [0.4, 0.5) is 0 Å². The van der Waals surface area contributed by atoms with Crippen molar-refractivity contribution in [1.82, 2.24) is 16.3 Å². The van der Waals surface area contributed by atoms with Crippen LogP contribution in [0.2, 0.25) is 0 Å². The zero-order chi connectivity index (χ0) is 25.1. The molecular weight excluding hydrogens is 436 g/mol. The Bertz CT molecular complexity index is 933. The molecule has 0 spiro atoms. The maximum Gasteiger partial charge on any atom is 0.258 e. The number of hydrogen-bond donors (Lipinski definition) is 3. The molecule has 1 fully saturated rings. The summed E-state index contributed by atoms with van der Waals surface area (Å²) in [5.41, 5.74) is 12.4. The molecule has 6 heteroatoms. The molecule has 2 unspecified atom stereocenters. The van der Waals surface area contributed by atoms with E-state index >= 15 is 0 Å². The number of hydrazone groups is 1. The van der Waals surface area contributed by atoms with Crippen molar-refractivity contribution < 1.29 is 9.53 Å². The predicted molar refractivity (Wildman–Crippen MR) is 144 cm³/mol. The maximum absolute atomic E-state index is 12.5. The van der Waals surface area contributed by atoms with E-state index < -0.39 is 0 Å². The smallest absolute Gasteiger partial charge is 0.258 e. The Labute approximate surface area is 210 Å². The van der Waals surface area contributed by atoms with Crippen LogP contribution in [0.25, 0.3) is 0 Å². The van der Waals surface area contributed by atoms with Crippen LogP contribution in [0.1, 0.15) is 95.4 Å². The summed E-state index contributed by atoms with van der Waals surface area (Å²) >= 11 is 0. The molecule has 3 N–H and O–H groups in total. The van der Waals surface area contributed by atoms with Gasteiger partial charge in [0.15, 0.2) is 0 Å². The molecule has 0 saturated carbocycles. The van der Waals surface area contributed by atoms with Gasteiger partial charge in [-0.05, 0) is 47.1 Å². The van der Waals surface area contributed by atoms with Crippen LogP contribution in [-0.2, 0) is 10.2 Å². The molecule has 35 heavy (non-hydrogen) atoms. The van der Waals surface area contributed by atoms with Crippen LogP contribution in [0.5, 0.6) is 5.75 Å². The summed E-state index contributed by atoms with van der Waals surface area (Å²) in [4.78, 5) is 12.5. The molecule has 0 bridgehead atoms. The molecule has 6 nitrogen and oxygen atoms in total. The number of nitrogens with zero attached hydrogens (tertiary/aromatic N) is 1. The van der Waals surface area contributed by atoms with Gasteiger partial charge in [-0.25, -0.2) is 16.3 Å². The Morgan fingerprint density at radius 1 is 1.00 bits per heavy atom. The minimum absolute atomic E-state index is 0.0623. The van der Waals surface area contributed by atoms with Crippen molar-refractivity contribution in [3.8, 4) is 5.75 Å². The normalized spacial score (nSPS) is 18.2. The predicted octanol–water partition coefficient (Wildman–Crippen LogP) is 5.78. The van der Waals surface area contributed by atoms with Gasteiger partial charge in [-0.3, -0.25) is 4.79 Å². The quantitative estimate of drug-likeness (QED) is 0.205. The molecule has 1 heterocycles.